The number of aliphatic hydroxyl groups excluding tert-OH is 1. The first kappa shape index (κ1) is 87.1. The molecular weight excluding hydrogens is 1170 g/mol. The lowest BCUT2D eigenvalue weighted by Crippen LogP contribution is -2.30. The Labute approximate surface area is 543 Å². The molecule has 89 heavy (non-hydrogen) atoms. The van der Waals surface area contributed by atoms with E-state index in [4.69, 9.17) is 37.0 Å². The van der Waals surface area contributed by atoms with E-state index in [1.807, 2.05) is 0 Å². The van der Waals surface area contributed by atoms with Crippen LogP contribution in [0.3, 0.4) is 0 Å². The zero-order valence-electron chi connectivity index (χ0n) is 57.6. The van der Waals surface area contributed by atoms with Crippen molar-refractivity contribution in [1.29, 1.82) is 0 Å². The molecule has 0 aromatic heterocycles. The van der Waals surface area contributed by atoms with E-state index < -0.39 is 97.5 Å². The number of carbonyl (C=O) groups excluding carboxylic acids is 4. The number of hydrogen-bond donors (Lipinski definition) is 3. The molecule has 0 aliphatic heterocycles. The van der Waals surface area contributed by atoms with E-state index in [0.717, 1.165) is 109 Å². The standard InChI is InChI=1S/C70H136O17P2/c1-6-10-13-16-19-22-23-24-25-26-27-28-29-30-31-36-41-46-51-56-70(75)87-66(60-81-68(73)54-49-44-40-35-33-32-34-37-42-47-52-63(5)9-4)62-85-89(78,79)83-58-64(71)57-82-88(76,77)84-61-65(86-69(74)55-50-45-39-21-18-15-12-8-3)59-80-67(72)53-48-43-38-20-17-14-11-7-2/h63-66,71H,6-62H2,1-5H3,(H,76,77)(H,78,79)/t63?,64-,65+,66+/m0/s1. The Hall–Kier alpha value is -1.94. The maximum Gasteiger partial charge on any atom is 0.472 e. The average molecular weight is 1310 g/mol. The van der Waals surface area contributed by atoms with Crippen LogP contribution in [0.4, 0.5) is 0 Å². The number of rotatable bonds is 70. The molecule has 0 radical (unpaired) electrons. The maximum atomic E-state index is 13.0. The second kappa shape index (κ2) is 63.5. The summed E-state index contributed by atoms with van der Waals surface area (Å²) in [5.41, 5.74) is 0. The molecule has 19 heteroatoms. The summed E-state index contributed by atoms with van der Waals surface area (Å²) in [4.78, 5) is 72.3. The van der Waals surface area contributed by atoms with Gasteiger partial charge in [0.15, 0.2) is 12.2 Å². The van der Waals surface area contributed by atoms with Gasteiger partial charge in [0.1, 0.15) is 19.3 Å². The fourth-order valence-electron chi connectivity index (χ4n) is 10.6. The molecule has 0 bridgehead atoms. The van der Waals surface area contributed by atoms with Crippen LogP contribution in [0.15, 0.2) is 0 Å². The van der Waals surface area contributed by atoms with Gasteiger partial charge in [-0.3, -0.25) is 37.3 Å². The van der Waals surface area contributed by atoms with Crippen molar-refractivity contribution in [3.05, 3.63) is 0 Å². The Balaban J connectivity index is 5.17. The molecule has 0 aliphatic rings. The first-order chi connectivity index (χ1) is 43.1. The normalized spacial score (nSPS) is 14.4. The van der Waals surface area contributed by atoms with Gasteiger partial charge in [-0.1, -0.05) is 311 Å². The van der Waals surface area contributed by atoms with Gasteiger partial charge in [-0.2, -0.15) is 0 Å². The average Bonchev–Trinajstić information content (AvgIpc) is 3.73. The summed E-state index contributed by atoms with van der Waals surface area (Å²) >= 11 is 0. The van der Waals surface area contributed by atoms with Crippen molar-refractivity contribution in [1.82, 2.24) is 0 Å². The lowest BCUT2D eigenvalue weighted by molar-refractivity contribution is -0.161. The predicted octanol–water partition coefficient (Wildman–Crippen LogP) is 20.1. The highest BCUT2D eigenvalue weighted by molar-refractivity contribution is 7.47. The molecule has 0 amide bonds. The molecule has 0 saturated heterocycles. The summed E-state index contributed by atoms with van der Waals surface area (Å²) in [5.74, 6) is -1.32. The van der Waals surface area contributed by atoms with Gasteiger partial charge >= 0.3 is 39.5 Å². The van der Waals surface area contributed by atoms with Crippen molar-refractivity contribution in [3.63, 3.8) is 0 Å². The zero-order chi connectivity index (χ0) is 65.6. The Bertz CT molecular complexity index is 1720. The van der Waals surface area contributed by atoms with Crippen LogP contribution in [0.1, 0.15) is 362 Å². The van der Waals surface area contributed by atoms with Crippen molar-refractivity contribution >= 4 is 39.5 Å². The first-order valence-electron chi connectivity index (χ1n) is 36.7. The lowest BCUT2D eigenvalue weighted by atomic mass is 9.99. The van der Waals surface area contributed by atoms with Crippen LogP contribution in [0.5, 0.6) is 0 Å². The molecule has 528 valence electrons. The van der Waals surface area contributed by atoms with Gasteiger partial charge in [-0.25, -0.2) is 9.13 Å². The van der Waals surface area contributed by atoms with E-state index in [-0.39, 0.29) is 25.7 Å². The number of carbonyl (C=O) groups is 4. The summed E-state index contributed by atoms with van der Waals surface area (Å²) < 4.78 is 68.1. The van der Waals surface area contributed by atoms with Gasteiger partial charge < -0.3 is 33.8 Å². The van der Waals surface area contributed by atoms with Crippen molar-refractivity contribution in [3.8, 4) is 0 Å². The molecule has 0 aliphatic carbocycles. The minimum absolute atomic E-state index is 0.105. The fraction of sp³-hybridized carbons (Fsp3) is 0.943. The molecule has 0 aromatic rings. The predicted molar refractivity (Wildman–Crippen MR) is 358 cm³/mol. The highest BCUT2D eigenvalue weighted by atomic mass is 31.2. The van der Waals surface area contributed by atoms with Gasteiger partial charge in [0, 0.05) is 25.7 Å². The topological polar surface area (TPSA) is 237 Å². The molecular formula is C70H136O17P2. The summed E-state index contributed by atoms with van der Waals surface area (Å²) in [6.07, 6.45) is 50.1. The van der Waals surface area contributed by atoms with Crippen molar-refractivity contribution < 1.29 is 80.2 Å². The molecule has 6 atom stereocenters. The highest BCUT2D eigenvalue weighted by Crippen LogP contribution is 2.45. The maximum absolute atomic E-state index is 13.0. The number of esters is 4. The summed E-state index contributed by atoms with van der Waals surface area (Å²) in [5, 5.41) is 10.6. The number of unbranched alkanes of at least 4 members (excludes halogenated alkanes) is 41. The van der Waals surface area contributed by atoms with E-state index in [1.54, 1.807) is 0 Å². The van der Waals surface area contributed by atoms with Crippen LogP contribution in [0.25, 0.3) is 0 Å². The van der Waals surface area contributed by atoms with Crippen molar-refractivity contribution in [2.24, 2.45) is 5.92 Å². The molecule has 17 nitrogen and oxygen atoms in total. The second-order valence-corrected chi connectivity index (χ2v) is 28.4. The molecule has 0 fully saturated rings. The monoisotopic (exact) mass is 1310 g/mol. The van der Waals surface area contributed by atoms with Gasteiger partial charge in [0.2, 0.25) is 0 Å². The van der Waals surface area contributed by atoms with Crippen LogP contribution in [0.2, 0.25) is 0 Å². The number of ether oxygens (including phenoxy) is 4. The molecule has 0 spiro atoms. The van der Waals surface area contributed by atoms with Gasteiger partial charge in [0.05, 0.1) is 26.4 Å². The van der Waals surface area contributed by atoms with E-state index >= 15 is 0 Å². The van der Waals surface area contributed by atoms with Crippen LogP contribution >= 0.6 is 15.6 Å². The van der Waals surface area contributed by atoms with Gasteiger partial charge in [0.25, 0.3) is 0 Å². The summed E-state index contributed by atoms with van der Waals surface area (Å²) in [7, 11) is -9.89. The molecule has 0 rings (SSSR count). The third kappa shape index (κ3) is 63.2. The molecule has 3 unspecified atom stereocenters. The van der Waals surface area contributed by atoms with Gasteiger partial charge in [-0.15, -0.1) is 0 Å². The largest absolute Gasteiger partial charge is 0.472 e. The second-order valence-electron chi connectivity index (χ2n) is 25.5. The fourth-order valence-corrected chi connectivity index (χ4v) is 12.2. The molecule has 0 saturated carbocycles. The van der Waals surface area contributed by atoms with E-state index in [9.17, 15) is 43.2 Å². The molecule has 3 N–H and O–H groups in total. The minimum atomic E-state index is -4.95. The quantitative estimate of drug-likeness (QED) is 0.0222. The van der Waals surface area contributed by atoms with Crippen LogP contribution in [-0.4, -0.2) is 96.7 Å². The van der Waals surface area contributed by atoms with E-state index in [0.29, 0.717) is 25.7 Å². The Kier molecular flexibility index (Phi) is 62.1. The van der Waals surface area contributed by atoms with Crippen LogP contribution < -0.4 is 0 Å². The lowest BCUT2D eigenvalue weighted by Gasteiger charge is -2.21. The number of hydrogen-bond acceptors (Lipinski definition) is 15. The zero-order valence-corrected chi connectivity index (χ0v) is 59.4. The summed E-state index contributed by atoms with van der Waals surface area (Å²) in [6, 6.07) is 0. The Morgan fingerprint density at radius 1 is 0.315 bits per heavy atom. The van der Waals surface area contributed by atoms with Crippen molar-refractivity contribution in [2.45, 2.75) is 380 Å². The first-order valence-corrected chi connectivity index (χ1v) is 39.7. The van der Waals surface area contributed by atoms with Crippen LogP contribution in [-0.2, 0) is 65.4 Å². The molecule has 0 aromatic carbocycles. The third-order valence-electron chi connectivity index (χ3n) is 16.6. The minimum Gasteiger partial charge on any atom is -0.462 e. The van der Waals surface area contributed by atoms with Crippen LogP contribution in [0, 0.1) is 5.92 Å². The van der Waals surface area contributed by atoms with Crippen molar-refractivity contribution in [2.75, 3.05) is 39.6 Å². The smallest absolute Gasteiger partial charge is 0.462 e. The van der Waals surface area contributed by atoms with E-state index in [1.165, 1.54) is 173 Å². The number of phosphoric acid groups is 2. The SMILES string of the molecule is CCCCCCCCCCCCCCCCCCCCCC(=O)O[C@H](COC(=O)CCCCCCCCCCCCC(C)CC)COP(=O)(O)OC[C@@H](O)COP(=O)(O)OC[C@@H](COC(=O)CCCCCCCCCC)OC(=O)CCCCCCCCCC. The number of phosphoric ester groups is 2. The highest BCUT2D eigenvalue weighted by Gasteiger charge is 2.30. The van der Waals surface area contributed by atoms with E-state index in [2.05, 4.69) is 34.6 Å². The third-order valence-corrected chi connectivity index (χ3v) is 18.5. The Morgan fingerprint density at radius 3 is 0.798 bits per heavy atom. The molecule has 0 heterocycles. The number of aliphatic hydroxyl groups is 1. The van der Waals surface area contributed by atoms with Gasteiger partial charge in [-0.05, 0) is 31.6 Å². The summed E-state index contributed by atoms with van der Waals surface area (Å²) in [6.45, 7) is 7.22. The Morgan fingerprint density at radius 2 is 0.539 bits per heavy atom.